The molecule has 1 aliphatic heterocycles. The number of carbonyl (C=O) groups is 1. The van der Waals surface area contributed by atoms with Crippen molar-refractivity contribution in [1.82, 2.24) is 4.98 Å². The topological polar surface area (TPSA) is 72.5 Å². The van der Waals surface area contributed by atoms with Crippen LogP contribution in [-0.4, -0.2) is 17.7 Å². The van der Waals surface area contributed by atoms with Gasteiger partial charge in [0.1, 0.15) is 5.82 Å². The fraction of sp³-hybridized carbons (Fsp3) is 0.111. The summed E-state index contributed by atoms with van der Waals surface area (Å²) in [6.45, 7) is 0.911. The van der Waals surface area contributed by atoms with E-state index in [1.807, 2.05) is 35.7 Å². The van der Waals surface area contributed by atoms with E-state index in [-0.39, 0.29) is 12.7 Å². The molecule has 0 saturated heterocycles. The van der Waals surface area contributed by atoms with Crippen molar-refractivity contribution >= 4 is 28.7 Å². The lowest BCUT2D eigenvalue weighted by atomic mass is 10.2. The summed E-state index contributed by atoms with van der Waals surface area (Å²) >= 11 is 1.40. The Kier molecular flexibility index (Phi) is 4.22. The zero-order chi connectivity index (χ0) is 17.1. The number of benzene rings is 1. The number of rotatable bonds is 5. The molecule has 0 fully saturated rings. The molecule has 3 aromatic rings. The third-order valence-corrected chi connectivity index (χ3v) is 4.55. The molecule has 4 rings (SSSR count). The normalized spacial score (nSPS) is 12.0. The first-order chi connectivity index (χ1) is 12.3. The Morgan fingerprint density at radius 3 is 2.88 bits per heavy atom. The minimum absolute atomic E-state index is 0.149. The smallest absolute Gasteiger partial charge is 0.266 e. The van der Waals surface area contributed by atoms with Gasteiger partial charge < -0.3 is 20.1 Å². The maximum Gasteiger partial charge on any atom is 0.266 e. The highest BCUT2D eigenvalue weighted by atomic mass is 32.1. The number of pyridine rings is 1. The number of hydrogen-bond donors (Lipinski definition) is 2. The van der Waals surface area contributed by atoms with Crippen LogP contribution in [0.1, 0.15) is 15.2 Å². The van der Waals surface area contributed by atoms with Gasteiger partial charge in [0.05, 0.1) is 16.8 Å². The molecular formula is C18H15N3O3S. The summed E-state index contributed by atoms with van der Waals surface area (Å²) in [5.41, 5.74) is 1.95. The van der Waals surface area contributed by atoms with Crippen LogP contribution in [0, 0.1) is 0 Å². The molecule has 2 N–H and O–H groups in total. The highest BCUT2D eigenvalue weighted by Crippen LogP contribution is 2.32. The number of amides is 1. The number of hydrogen-bond acceptors (Lipinski definition) is 6. The molecule has 0 spiro atoms. The van der Waals surface area contributed by atoms with E-state index in [4.69, 9.17) is 9.47 Å². The maximum absolute atomic E-state index is 12.0. The highest BCUT2D eigenvalue weighted by molar-refractivity contribution is 7.12. The Hall–Kier alpha value is -3.06. The minimum atomic E-state index is -0.149. The number of nitrogens with one attached hydrogen (secondary N) is 2. The van der Waals surface area contributed by atoms with Crippen molar-refractivity contribution in [3.63, 3.8) is 0 Å². The molecule has 0 radical (unpaired) electrons. The number of thiophene rings is 1. The zero-order valence-electron chi connectivity index (χ0n) is 13.2. The van der Waals surface area contributed by atoms with Gasteiger partial charge in [-0.2, -0.15) is 0 Å². The van der Waals surface area contributed by atoms with E-state index in [1.165, 1.54) is 11.3 Å². The first-order valence-corrected chi connectivity index (χ1v) is 8.59. The number of nitrogens with zero attached hydrogens (tertiary/aromatic N) is 1. The second kappa shape index (κ2) is 6.82. The van der Waals surface area contributed by atoms with Crippen molar-refractivity contribution in [2.24, 2.45) is 0 Å². The Bertz CT molecular complexity index is 879. The second-order valence-electron chi connectivity index (χ2n) is 5.40. The van der Waals surface area contributed by atoms with Crippen LogP contribution in [-0.2, 0) is 6.54 Å². The predicted octanol–water partition coefficient (Wildman–Crippen LogP) is 3.74. The summed E-state index contributed by atoms with van der Waals surface area (Å²) in [4.78, 5) is 16.9. The van der Waals surface area contributed by atoms with E-state index in [1.54, 1.807) is 18.3 Å². The summed E-state index contributed by atoms with van der Waals surface area (Å²) < 4.78 is 10.7. The number of fused-ring (bicyclic) bond motifs is 1. The van der Waals surface area contributed by atoms with Gasteiger partial charge in [-0.1, -0.05) is 12.1 Å². The fourth-order valence-corrected chi connectivity index (χ4v) is 3.03. The van der Waals surface area contributed by atoms with Crippen LogP contribution in [0.25, 0.3) is 0 Å². The summed E-state index contributed by atoms with van der Waals surface area (Å²) in [7, 11) is 0. The van der Waals surface area contributed by atoms with E-state index in [2.05, 4.69) is 15.6 Å². The second-order valence-corrected chi connectivity index (χ2v) is 6.35. The minimum Gasteiger partial charge on any atom is -0.454 e. The lowest BCUT2D eigenvalue weighted by Gasteiger charge is -2.08. The van der Waals surface area contributed by atoms with Crippen LogP contribution in [0.15, 0.2) is 54.0 Å². The molecule has 0 aliphatic carbocycles. The third-order valence-electron chi connectivity index (χ3n) is 3.68. The van der Waals surface area contributed by atoms with E-state index in [0.717, 1.165) is 22.7 Å². The molecule has 0 atom stereocenters. The van der Waals surface area contributed by atoms with Gasteiger partial charge in [0.25, 0.3) is 5.91 Å². The zero-order valence-corrected chi connectivity index (χ0v) is 14.0. The molecule has 0 saturated carbocycles. The first-order valence-electron chi connectivity index (χ1n) is 7.71. The van der Waals surface area contributed by atoms with Crippen LogP contribution in [0.3, 0.4) is 0 Å². The molecule has 2 aromatic heterocycles. The highest BCUT2D eigenvalue weighted by Gasteiger charge is 2.13. The van der Waals surface area contributed by atoms with Gasteiger partial charge in [-0.25, -0.2) is 4.98 Å². The van der Waals surface area contributed by atoms with Crippen LogP contribution < -0.4 is 20.1 Å². The van der Waals surface area contributed by atoms with Crippen molar-refractivity contribution in [1.29, 1.82) is 0 Å². The molecule has 6 nitrogen and oxygen atoms in total. The SMILES string of the molecule is O=C(Nc1ccc(NCc2ccc3c(c2)OCO3)cn1)c1cccs1. The molecule has 0 bridgehead atoms. The van der Waals surface area contributed by atoms with Gasteiger partial charge in [0.2, 0.25) is 6.79 Å². The van der Waals surface area contributed by atoms with Gasteiger partial charge >= 0.3 is 0 Å². The molecule has 7 heteroatoms. The monoisotopic (exact) mass is 353 g/mol. The van der Waals surface area contributed by atoms with Gasteiger partial charge in [-0.15, -0.1) is 11.3 Å². The van der Waals surface area contributed by atoms with Crippen molar-refractivity contribution in [2.45, 2.75) is 6.54 Å². The Balaban J connectivity index is 1.35. The van der Waals surface area contributed by atoms with Gasteiger partial charge in [0, 0.05) is 6.54 Å². The summed E-state index contributed by atoms with van der Waals surface area (Å²) in [6, 6.07) is 13.1. The lowest BCUT2D eigenvalue weighted by Crippen LogP contribution is -2.11. The van der Waals surface area contributed by atoms with Crippen LogP contribution in [0.5, 0.6) is 11.5 Å². The third kappa shape index (κ3) is 3.56. The van der Waals surface area contributed by atoms with Crippen LogP contribution in [0.4, 0.5) is 11.5 Å². The molecule has 1 aromatic carbocycles. The van der Waals surface area contributed by atoms with Crippen molar-refractivity contribution in [3.8, 4) is 11.5 Å². The van der Waals surface area contributed by atoms with E-state index < -0.39 is 0 Å². The van der Waals surface area contributed by atoms with Crippen LogP contribution >= 0.6 is 11.3 Å². The van der Waals surface area contributed by atoms with E-state index in [9.17, 15) is 4.79 Å². The summed E-state index contributed by atoms with van der Waals surface area (Å²) in [5, 5.41) is 7.93. The van der Waals surface area contributed by atoms with Gasteiger partial charge in [-0.05, 0) is 41.3 Å². The Labute approximate surface area is 148 Å². The molecule has 1 aliphatic rings. The van der Waals surface area contributed by atoms with Crippen molar-refractivity contribution in [3.05, 3.63) is 64.5 Å². The van der Waals surface area contributed by atoms with Crippen molar-refractivity contribution < 1.29 is 14.3 Å². The average molecular weight is 353 g/mol. The molecule has 126 valence electrons. The quantitative estimate of drug-likeness (QED) is 0.731. The average Bonchev–Trinajstić information content (AvgIpc) is 3.32. The van der Waals surface area contributed by atoms with Crippen LogP contribution in [0.2, 0.25) is 0 Å². The van der Waals surface area contributed by atoms with Gasteiger partial charge in [-0.3, -0.25) is 4.79 Å². The number of ether oxygens (including phenoxy) is 2. The first kappa shape index (κ1) is 15.5. The number of aromatic nitrogens is 1. The predicted molar refractivity (Wildman–Crippen MR) is 96.4 cm³/mol. The van der Waals surface area contributed by atoms with E-state index >= 15 is 0 Å². The molecule has 0 unspecified atom stereocenters. The maximum atomic E-state index is 12.0. The van der Waals surface area contributed by atoms with Gasteiger partial charge in [0.15, 0.2) is 11.5 Å². The standard InChI is InChI=1S/C18H15N3O3S/c22-18(16-2-1-7-25-16)21-17-6-4-13(10-20-17)19-9-12-3-5-14-15(8-12)24-11-23-14/h1-8,10,19H,9,11H2,(H,20,21,22). The molecule has 3 heterocycles. The Morgan fingerprint density at radius 2 is 2.08 bits per heavy atom. The lowest BCUT2D eigenvalue weighted by molar-refractivity contribution is 0.103. The molecule has 25 heavy (non-hydrogen) atoms. The molecular weight excluding hydrogens is 338 g/mol. The number of anilines is 2. The van der Waals surface area contributed by atoms with Crippen molar-refractivity contribution in [2.75, 3.05) is 17.4 Å². The summed E-state index contributed by atoms with van der Waals surface area (Å²) in [6.07, 6.45) is 1.69. The largest absolute Gasteiger partial charge is 0.454 e. The number of carbonyl (C=O) groups excluding carboxylic acids is 1. The van der Waals surface area contributed by atoms with E-state index in [0.29, 0.717) is 17.2 Å². The Morgan fingerprint density at radius 1 is 1.16 bits per heavy atom. The molecule has 1 amide bonds. The fourth-order valence-electron chi connectivity index (χ4n) is 2.41. The summed E-state index contributed by atoms with van der Waals surface area (Å²) in [5.74, 6) is 1.91.